The van der Waals surface area contributed by atoms with Gasteiger partial charge >= 0.3 is 0 Å². The highest BCUT2D eigenvalue weighted by atomic mass is 16.1. The minimum atomic E-state index is 0.679. The van der Waals surface area contributed by atoms with E-state index in [-0.39, 0.29) is 0 Å². The molecular formula is C32H72N4O. The molecule has 1 rings (SSSR count). The maximum absolute atomic E-state index is 10.7. The number of rotatable bonds is 19. The van der Waals surface area contributed by atoms with Crippen molar-refractivity contribution in [3.05, 3.63) is 0 Å². The Kier molecular flexibility index (Phi) is 41.7. The van der Waals surface area contributed by atoms with Crippen LogP contribution in [0.1, 0.15) is 132 Å². The van der Waals surface area contributed by atoms with Crippen molar-refractivity contribution in [2.75, 3.05) is 72.5 Å². The van der Waals surface area contributed by atoms with Crippen molar-refractivity contribution in [2.24, 2.45) is 0 Å². The minimum Gasteiger partial charge on any atom is -0.314 e. The Morgan fingerprint density at radius 3 is 1.51 bits per heavy atom. The van der Waals surface area contributed by atoms with Gasteiger partial charge in [0.05, 0.1) is 0 Å². The lowest BCUT2D eigenvalue weighted by Crippen LogP contribution is -2.40. The SMILES string of the molecule is CCC.CCC.CCCCCCCCCN(CCC=O)CCN(CC)CCCCC.CN1CCNCC1. The fourth-order valence-electron chi connectivity index (χ4n) is 3.94. The Labute approximate surface area is 235 Å². The molecular weight excluding hydrogens is 456 g/mol. The van der Waals surface area contributed by atoms with Crippen LogP contribution >= 0.6 is 0 Å². The summed E-state index contributed by atoms with van der Waals surface area (Å²) in [4.78, 5) is 18.1. The van der Waals surface area contributed by atoms with E-state index in [1.807, 2.05) is 0 Å². The van der Waals surface area contributed by atoms with Gasteiger partial charge in [0, 0.05) is 52.2 Å². The van der Waals surface area contributed by atoms with Crippen LogP contribution in [0.5, 0.6) is 0 Å². The van der Waals surface area contributed by atoms with Gasteiger partial charge in [-0.25, -0.2) is 0 Å². The summed E-state index contributed by atoms with van der Waals surface area (Å²) >= 11 is 0. The molecule has 0 aliphatic carbocycles. The van der Waals surface area contributed by atoms with E-state index in [1.165, 1.54) is 96.7 Å². The Morgan fingerprint density at radius 1 is 0.622 bits per heavy atom. The zero-order valence-corrected chi connectivity index (χ0v) is 27.1. The first-order valence-electron chi connectivity index (χ1n) is 16.3. The molecule has 1 heterocycles. The van der Waals surface area contributed by atoms with Gasteiger partial charge in [-0.15, -0.1) is 0 Å². The zero-order valence-electron chi connectivity index (χ0n) is 27.1. The maximum atomic E-state index is 10.7. The van der Waals surface area contributed by atoms with Crippen molar-refractivity contribution in [3.8, 4) is 0 Å². The largest absolute Gasteiger partial charge is 0.314 e. The maximum Gasteiger partial charge on any atom is 0.121 e. The van der Waals surface area contributed by atoms with Gasteiger partial charge in [-0.2, -0.15) is 0 Å². The standard InChI is InChI=1S/C21H44N2O.C5H12N2.2C3H8/c1-4-7-9-10-11-12-14-17-23(18-15-21-24)20-19-22(6-3)16-13-8-5-2;1-7-4-2-6-3-5-7;2*1-3-2/h21H,4-20H2,1-3H3;6H,2-5H2,1H3;2*3H2,1-2H3. The monoisotopic (exact) mass is 529 g/mol. The molecule has 1 fully saturated rings. The molecule has 0 atom stereocenters. The van der Waals surface area contributed by atoms with Crippen LogP contribution in [0.4, 0.5) is 0 Å². The van der Waals surface area contributed by atoms with Crippen molar-refractivity contribution in [1.29, 1.82) is 0 Å². The lowest BCUT2D eigenvalue weighted by Gasteiger charge is -2.26. The number of piperazine rings is 1. The predicted octanol–water partition coefficient (Wildman–Crippen LogP) is 7.49. The lowest BCUT2D eigenvalue weighted by atomic mass is 10.1. The number of likely N-dealkylation sites (N-methyl/N-ethyl adjacent to an activating group) is 2. The summed E-state index contributed by atoms with van der Waals surface area (Å²) in [7, 11) is 2.15. The highest BCUT2D eigenvalue weighted by Gasteiger charge is 2.08. The van der Waals surface area contributed by atoms with Crippen LogP contribution in [0.15, 0.2) is 0 Å². The molecule has 5 heteroatoms. The van der Waals surface area contributed by atoms with Gasteiger partial charge in [0.25, 0.3) is 0 Å². The number of aldehydes is 1. The van der Waals surface area contributed by atoms with Gasteiger partial charge in [-0.05, 0) is 39.5 Å². The zero-order chi connectivity index (χ0) is 28.4. The second-order valence-corrected chi connectivity index (χ2v) is 10.5. The van der Waals surface area contributed by atoms with Gasteiger partial charge in [0.2, 0.25) is 0 Å². The second-order valence-electron chi connectivity index (χ2n) is 10.5. The smallest absolute Gasteiger partial charge is 0.121 e. The molecule has 37 heavy (non-hydrogen) atoms. The molecule has 1 N–H and O–H groups in total. The molecule has 0 amide bonds. The number of carbonyl (C=O) groups is 1. The third-order valence-electron chi connectivity index (χ3n) is 6.24. The Hall–Kier alpha value is -0.490. The molecule has 1 aliphatic heterocycles. The molecule has 226 valence electrons. The molecule has 1 aliphatic rings. The van der Waals surface area contributed by atoms with E-state index in [4.69, 9.17) is 0 Å². The molecule has 0 spiro atoms. The average Bonchev–Trinajstić information content (AvgIpc) is 2.90. The first-order chi connectivity index (χ1) is 18.0. The van der Waals surface area contributed by atoms with E-state index in [0.717, 1.165) is 52.1 Å². The molecule has 0 radical (unpaired) electrons. The van der Waals surface area contributed by atoms with E-state index in [9.17, 15) is 4.79 Å². The summed E-state index contributed by atoms with van der Waals surface area (Å²) in [6.45, 7) is 26.8. The number of nitrogens with one attached hydrogen (secondary N) is 1. The topological polar surface area (TPSA) is 38.8 Å². The number of unbranched alkanes of at least 4 members (excludes halogenated alkanes) is 8. The Balaban J connectivity index is -0.000000721. The van der Waals surface area contributed by atoms with Crippen LogP contribution in [0, 0.1) is 0 Å². The van der Waals surface area contributed by atoms with Crippen molar-refractivity contribution in [3.63, 3.8) is 0 Å². The van der Waals surface area contributed by atoms with Crippen molar-refractivity contribution >= 4 is 6.29 Å². The number of hydrogen-bond acceptors (Lipinski definition) is 5. The summed E-state index contributed by atoms with van der Waals surface area (Å²) in [5.74, 6) is 0. The molecule has 1 saturated heterocycles. The molecule has 0 unspecified atom stereocenters. The lowest BCUT2D eigenvalue weighted by molar-refractivity contribution is -0.108. The third kappa shape index (κ3) is 37.7. The summed E-state index contributed by atoms with van der Waals surface area (Å²) in [5.41, 5.74) is 0. The van der Waals surface area contributed by atoms with Gasteiger partial charge < -0.3 is 24.8 Å². The first kappa shape index (κ1) is 41.0. The van der Waals surface area contributed by atoms with Crippen molar-refractivity contribution < 1.29 is 4.79 Å². The van der Waals surface area contributed by atoms with Crippen LogP contribution in [-0.2, 0) is 4.79 Å². The fraction of sp³-hybridized carbons (Fsp3) is 0.969. The van der Waals surface area contributed by atoms with Crippen molar-refractivity contribution in [2.45, 2.75) is 132 Å². The molecule has 5 nitrogen and oxygen atoms in total. The third-order valence-corrected chi connectivity index (χ3v) is 6.24. The van der Waals surface area contributed by atoms with Crippen LogP contribution < -0.4 is 5.32 Å². The predicted molar refractivity (Wildman–Crippen MR) is 169 cm³/mol. The van der Waals surface area contributed by atoms with Gasteiger partial charge in [0.15, 0.2) is 0 Å². The highest BCUT2D eigenvalue weighted by molar-refractivity contribution is 5.49. The normalized spacial score (nSPS) is 13.2. The van der Waals surface area contributed by atoms with E-state index >= 15 is 0 Å². The van der Waals surface area contributed by atoms with E-state index < -0.39 is 0 Å². The molecule has 0 bridgehead atoms. The summed E-state index contributed by atoms with van der Waals surface area (Å²) in [5, 5.41) is 3.27. The van der Waals surface area contributed by atoms with E-state index in [0.29, 0.717) is 6.42 Å². The van der Waals surface area contributed by atoms with Gasteiger partial charge in [-0.3, -0.25) is 0 Å². The minimum absolute atomic E-state index is 0.679. The van der Waals surface area contributed by atoms with Crippen molar-refractivity contribution in [1.82, 2.24) is 20.0 Å². The van der Waals surface area contributed by atoms with E-state index in [1.54, 1.807) is 0 Å². The summed E-state index contributed by atoms with van der Waals surface area (Å²) < 4.78 is 0. The van der Waals surface area contributed by atoms with Crippen LogP contribution in [0.25, 0.3) is 0 Å². The average molecular weight is 529 g/mol. The van der Waals surface area contributed by atoms with Crippen LogP contribution in [-0.4, -0.2) is 93.5 Å². The molecule has 0 aromatic carbocycles. The van der Waals surface area contributed by atoms with Gasteiger partial charge in [-0.1, -0.05) is 113 Å². The summed E-state index contributed by atoms with van der Waals surface area (Å²) in [6.07, 6.45) is 17.7. The molecule has 0 aromatic heterocycles. The Bertz CT molecular complexity index is 387. The second kappa shape index (κ2) is 37.7. The van der Waals surface area contributed by atoms with Crippen LogP contribution in [0.2, 0.25) is 0 Å². The summed E-state index contributed by atoms with van der Waals surface area (Å²) in [6, 6.07) is 0. The highest BCUT2D eigenvalue weighted by Crippen LogP contribution is 2.08. The molecule has 0 saturated carbocycles. The Morgan fingerprint density at radius 2 is 1.05 bits per heavy atom. The van der Waals surface area contributed by atoms with Crippen LogP contribution in [0.3, 0.4) is 0 Å². The number of carbonyl (C=O) groups excluding carboxylic acids is 1. The first-order valence-corrected chi connectivity index (χ1v) is 16.3. The number of hydrogen-bond donors (Lipinski definition) is 1. The van der Waals surface area contributed by atoms with Gasteiger partial charge in [0.1, 0.15) is 6.29 Å². The number of nitrogens with zero attached hydrogens (tertiary/aromatic N) is 3. The molecule has 0 aromatic rings. The fourth-order valence-corrected chi connectivity index (χ4v) is 3.94. The van der Waals surface area contributed by atoms with E-state index in [2.05, 4.69) is 75.5 Å². The quantitative estimate of drug-likeness (QED) is 0.139.